The third-order valence-electron chi connectivity index (χ3n) is 3.75. The minimum atomic E-state index is 0.585. The predicted octanol–water partition coefficient (Wildman–Crippen LogP) is 4.05. The van der Waals surface area contributed by atoms with Crippen LogP contribution in [0.1, 0.15) is 40.0 Å². The Morgan fingerprint density at radius 2 is 2.12 bits per heavy atom. The van der Waals surface area contributed by atoms with Gasteiger partial charge in [0.15, 0.2) is 0 Å². The van der Waals surface area contributed by atoms with E-state index in [4.69, 9.17) is 0 Å². The molecule has 0 aromatic carbocycles. The summed E-state index contributed by atoms with van der Waals surface area (Å²) in [6.45, 7) is 10.8. The van der Waals surface area contributed by atoms with Crippen LogP contribution in [-0.4, -0.2) is 7.05 Å². The maximum atomic E-state index is 4.07. The van der Waals surface area contributed by atoms with Crippen LogP contribution >= 0.6 is 0 Å². The summed E-state index contributed by atoms with van der Waals surface area (Å²) in [4.78, 5) is 0. The Hall–Kier alpha value is -0.980. The van der Waals surface area contributed by atoms with Crippen molar-refractivity contribution in [1.82, 2.24) is 5.32 Å². The Kier molecular flexibility index (Phi) is 4.40. The van der Waals surface area contributed by atoms with Crippen molar-refractivity contribution < 1.29 is 0 Å². The largest absolute Gasteiger partial charge is 0.388 e. The molecular formula is C15H25N. The summed E-state index contributed by atoms with van der Waals surface area (Å²) in [5, 5.41) is 3.24. The summed E-state index contributed by atoms with van der Waals surface area (Å²) in [5.41, 5.74) is 2.85. The van der Waals surface area contributed by atoms with E-state index in [-0.39, 0.29) is 0 Å². The van der Waals surface area contributed by atoms with Gasteiger partial charge >= 0.3 is 0 Å². The van der Waals surface area contributed by atoms with E-state index in [1.54, 1.807) is 0 Å². The smallest absolute Gasteiger partial charge is 0.0367 e. The van der Waals surface area contributed by atoms with Crippen LogP contribution in [0, 0.1) is 11.3 Å². The van der Waals surface area contributed by atoms with Crippen molar-refractivity contribution in [2.45, 2.75) is 40.0 Å². The third kappa shape index (κ3) is 3.01. The minimum absolute atomic E-state index is 0.585. The molecule has 0 amide bonds. The maximum Gasteiger partial charge on any atom is 0.0367 e. The normalized spacial score (nSPS) is 30.2. The van der Waals surface area contributed by atoms with Crippen molar-refractivity contribution in [1.29, 1.82) is 0 Å². The SMILES string of the molecule is C=C(/C=C\C)/C(=C\C1CC(C)(CC)C1)NC. The molecule has 1 aliphatic carbocycles. The highest BCUT2D eigenvalue weighted by Crippen LogP contribution is 2.48. The Morgan fingerprint density at radius 3 is 2.56 bits per heavy atom. The summed E-state index contributed by atoms with van der Waals surface area (Å²) >= 11 is 0. The molecule has 1 N–H and O–H groups in total. The van der Waals surface area contributed by atoms with Crippen molar-refractivity contribution >= 4 is 0 Å². The molecule has 0 aromatic heterocycles. The van der Waals surface area contributed by atoms with Gasteiger partial charge in [0.25, 0.3) is 0 Å². The molecule has 90 valence electrons. The maximum absolute atomic E-state index is 4.07. The molecule has 1 nitrogen and oxygen atoms in total. The van der Waals surface area contributed by atoms with Crippen LogP contribution in [0.2, 0.25) is 0 Å². The number of hydrogen-bond donors (Lipinski definition) is 1. The summed E-state index contributed by atoms with van der Waals surface area (Å²) in [6, 6.07) is 0. The zero-order chi connectivity index (χ0) is 12.2. The van der Waals surface area contributed by atoms with Crippen LogP contribution in [0.5, 0.6) is 0 Å². The molecular weight excluding hydrogens is 194 g/mol. The Morgan fingerprint density at radius 1 is 1.50 bits per heavy atom. The Labute approximate surface area is 100 Å². The molecule has 1 fully saturated rings. The van der Waals surface area contributed by atoms with E-state index in [9.17, 15) is 0 Å². The van der Waals surface area contributed by atoms with Crippen LogP contribution in [0.25, 0.3) is 0 Å². The van der Waals surface area contributed by atoms with Crippen molar-refractivity contribution in [2.24, 2.45) is 11.3 Å². The van der Waals surface area contributed by atoms with Gasteiger partial charge in [0.1, 0.15) is 0 Å². The van der Waals surface area contributed by atoms with E-state index in [1.165, 1.54) is 25.0 Å². The van der Waals surface area contributed by atoms with Gasteiger partial charge in [0.2, 0.25) is 0 Å². The van der Waals surface area contributed by atoms with E-state index < -0.39 is 0 Å². The molecule has 1 aliphatic rings. The fraction of sp³-hybridized carbons (Fsp3) is 0.600. The molecule has 1 saturated carbocycles. The molecule has 1 heteroatoms. The molecule has 0 aliphatic heterocycles. The first-order chi connectivity index (χ1) is 7.54. The highest BCUT2D eigenvalue weighted by molar-refractivity contribution is 5.36. The summed E-state index contributed by atoms with van der Waals surface area (Å²) in [6.07, 6.45) is 10.4. The van der Waals surface area contributed by atoms with E-state index >= 15 is 0 Å². The van der Waals surface area contributed by atoms with E-state index in [0.717, 1.165) is 11.5 Å². The molecule has 0 bridgehead atoms. The zero-order valence-electron chi connectivity index (χ0n) is 11.1. The van der Waals surface area contributed by atoms with Gasteiger partial charge in [0.05, 0.1) is 0 Å². The molecule has 0 aromatic rings. The average molecular weight is 219 g/mol. The molecule has 0 spiro atoms. The fourth-order valence-corrected chi connectivity index (χ4v) is 2.49. The van der Waals surface area contributed by atoms with Gasteiger partial charge in [-0.15, -0.1) is 0 Å². The van der Waals surface area contributed by atoms with E-state index in [2.05, 4.69) is 37.9 Å². The first-order valence-corrected chi connectivity index (χ1v) is 6.26. The van der Waals surface area contributed by atoms with Gasteiger partial charge in [-0.25, -0.2) is 0 Å². The quantitative estimate of drug-likeness (QED) is 0.688. The first kappa shape index (κ1) is 13.1. The molecule has 0 unspecified atom stereocenters. The lowest BCUT2D eigenvalue weighted by Gasteiger charge is -2.44. The van der Waals surface area contributed by atoms with Gasteiger partial charge in [-0.1, -0.05) is 45.1 Å². The van der Waals surface area contributed by atoms with Crippen molar-refractivity contribution in [3.8, 4) is 0 Å². The van der Waals surface area contributed by atoms with Gasteiger partial charge in [-0.05, 0) is 36.7 Å². The lowest BCUT2D eigenvalue weighted by Crippen LogP contribution is -2.33. The van der Waals surface area contributed by atoms with Gasteiger partial charge in [-0.2, -0.15) is 0 Å². The molecule has 0 saturated heterocycles. The highest BCUT2D eigenvalue weighted by atomic mass is 14.8. The van der Waals surface area contributed by atoms with Crippen LogP contribution in [-0.2, 0) is 0 Å². The van der Waals surface area contributed by atoms with Crippen LogP contribution in [0.15, 0.2) is 36.1 Å². The average Bonchev–Trinajstić information content (AvgIpc) is 2.22. The number of hydrogen-bond acceptors (Lipinski definition) is 1. The second-order valence-electron chi connectivity index (χ2n) is 5.19. The second-order valence-corrected chi connectivity index (χ2v) is 5.19. The van der Waals surface area contributed by atoms with Crippen LogP contribution in [0.4, 0.5) is 0 Å². The number of nitrogens with one attached hydrogen (secondary N) is 1. The van der Waals surface area contributed by atoms with Crippen molar-refractivity contribution in [3.05, 3.63) is 36.1 Å². The van der Waals surface area contributed by atoms with Crippen LogP contribution < -0.4 is 5.32 Å². The number of allylic oxidation sites excluding steroid dienone is 3. The molecule has 0 radical (unpaired) electrons. The molecule has 1 rings (SSSR count). The predicted molar refractivity (Wildman–Crippen MR) is 72.2 cm³/mol. The lowest BCUT2D eigenvalue weighted by atomic mass is 9.61. The Balaban J connectivity index is 2.59. The van der Waals surface area contributed by atoms with E-state index in [0.29, 0.717) is 5.41 Å². The summed E-state index contributed by atoms with van der Waals surface area (Å²) in [7, 11) is 1.97. The minimum Gasteiger partial charge on any atom is -0.388 e. The Bertz CT molecular complexity index is 303. The number of likely N-dealkylation sites (N-methyl/N-ethyl adjacent to an activating group) is 1. The summed E-state index contributed by atoms with van der Waals surface area (Å²) < 4.78 is 0. The highest BCUT2D eigenvalue weighted by Gasteiger charge is 2.37. The van der Waals surface area contributed by atoms with Crippen LogP contribution in [0.3, 0.4) is 0 Å². The van der Waals surface area contributed by atoms with E-state index in [1.807, 2.05) is 20.0 Å². The van der Waals surface area contributed by atoms with Gasteiger partial charge in [0, 0.05) is 12.7 Å². The fourth-order valence-electron chi connectivity index (χ4n) is 2.49. The van der Waals surface area contributed by atoms with Crippen molar-refractivity contribution in [3.63, 3.8) is 0 Å². The van der Waals surface area contributed by atoms with Gasteiger partial charge in [-0.3, -0.25) is 0 Å². The standard InChI is InChI=1S/C15H25N/c1-6-8-12(3)14(16-5)9-13-10-15(4,7-2)11-13/h6,8-9,13,16H,3,7,10-11H2,1-2,4-5H3/b8-6-,14-9+. The lowest BCUT2D eigenvalue weighted by molar-refractivity contribution is 0.101. The molecule has 0 atom stereocenters. The monoisotopic (exact) mass is 219 g/mol. The summed E-state index contributed by atoms with van der Waals surface area (Å²) in [5.74, 6) is 0.731. The third-order valence-corrected chi connectivity index (χ3v) is 3.75. The topological polar surface area (TPSA) is 12.0 Å². The number of rotatable bonds is 5. The second kappa shape index (κ2) is 5.38. The first-order valence-electron chi connectivity index (χ1n) is 6.26. The molecule has 0 heterocycles. The molecule has 16 heavy (non-hydrogen) atoms. The van der Waals surface area contributed by atoms with Crippen molar-refractivity contribution in [2.75, 3.05) is 7.05 Å². The zero-order valence-corrected chi connectivity index (χ0v) is 11.1. The van der Waals surface area contributed by atoms with Gasteiger partial charge < -0.3 is 5.32 Å².